The van der Waals surface area contributed by atoms with Gasteiger partial charge in [0.2, 0.25) is 0 Å². The maximum atomic E-state index is 3.90. The Balaban J connectivity index is 1.76. The summed E-state index contributed by atoms with van der Waals surface area (Å²) in [5, 5.41) is 10.2. The lowest BCUT2D eigenvalue weighted by atomic mass is 9.73. The van der Waals surface area contributed by atoms with E-state index in [1.54, 1.807) is 0 Å². The molecule has 1 saturated carbocycles. The molecule has 3 heteroatoms. The SMILES string of the molecule is CC(C)C1CC(Nc2cn[nH]c2)C1. The normalized spacial score (nSPS) is 27.3. The molecule has 0 saturated heterocycles. The summed E-state index contributed by atoms with van der Waals surface area (Å²) in [7, 11) is 0. The van der Waals surface area contributed by atoms with Crippen molar-refractivity contribution in [3.05, 3.63) is 12.4 Å². The monoisotopic (exact) mass is 179 g/mol. The molecule has 0 aromatic carbocycles. The van der Waals surface area contributed by atoms with E-state index >= 15 is 0 Å². The lowest BCUT2D eigenvalue weighted by Crippen LogP contribution is -2.37. The van der Waals surface area contributed by atoms with Crippen molar-refractivity contribution in [1.29, 1.82) is 0 Å². The Hall–Kier alpha value is -0.990. The molecule has 0 bridgehead atoms. The minimum absolute atomic E-state index is 0.671. The van der Waals surface area contributed by atoms with E-state index in [0.29, 0.717) is 6.04 Å². The van der Waals surface area contributed by atoms with Crippen molar-refractivity contribution < 1.29 is 0 Å². The van der Waals surface area contributed by atoms with E-state index < -0.39 is 0 Å². The number of nitrogens with one attached hydrogen (secondary N) is 2. The highest BCUT2D eigenvalue weighted by atomic mass is 15.1. The Morgan fingerprint density at radius 3 is 2.85 bits per heavy atom. The zero-order valence-corrected chi connectivity index (χ0v) is 8.25. The minimum Gasteiger partial charge on any atom is -0.380 e. The fourth-order valence-electron chi connectivity index (χ4n) is 1.89. The zero-order chi connectivity index (χ0) is 9.26. The van der Waals surface area contributed by atoms with E-state index in [1.807, 2.05) is 12.4 Å². The number of anilines is 1. The molecule has 0 radical (unpaired) electrons. The molecule has 2 rings (SSSR count). The van der Waals surface area contributed by atoms with E-state index in [2.05, 4.69) is 29.4 Å². The van der Waals surface area contributed by atoms with Crippen LogP contribution in [-0.2, 0) is 0 Å². The smallest absolute Gasteiger partial charge is 0.0725 e. The molecule has 0 amide bonds. The van der Waals surface area contributed by atoms with Crippen LogP contribution in [0.4, 0.5) is 5.69 Å². The van der Waals surface area contributed by atoms with Crippen molar-refractivity contribution in [2.75, 3.05) is 5.32 Å². The van der Waals surface area contributed by atoms with Crippen LogP contribution < -0.4 is 5.32 Å². The third-order valence-electron chi connectivity index (χ3n) is 2.99. The van der Waals surface area contributed by atoms with Gasteiger partial charge in [-0.25, -0.2) is 0 Å². The zero-order valence-electron chi connectivity index (χ0n) is 8.25. The van der Waals surface area contributed by atoms with Gasteiger partial charge in [0.25, 0.3) is 0 Å². The van der Waals surface area contributed by atoms with Crippen LogP contribution in [0.25, 0.3) is 0 Å². The summed E-state index contributed by atoms with van der Waals surface area (Å²) in [5.74, 6) is 1.76. The Labute approximate surface area is 78.9 Å². The highest BCUT2D eigenvalue weighted by Gasteiger charge is 2.30. The average molecular weight is 179 g/mol. The van der Waals surface area contributed by atoms with Crippen LogP contribution in [0.2, 0.25) is 0 Å². The molecule has 3 nitrogen and oxygen atoms in total. The highest BCUT2D eigenvalue weighted by molar-refractivity contribution is 5.39. The average Bonchev–Trinajstić information content (AvgIpc) is 2.46. The second-order valence-electron chi connectivity index (χ2n) is 4.30. The molecule has 1 aliphatic carbocycles. The second-order valence-corrected chi connectivity index (χ2v) is 4.30. The van der Waals surface area contributed by atoms with Gasteiger partial charge in [-0.15, -0.1) is 0 Å². The quantitative estimate of drug-likeness (QED) is 0.747. The molecule has 1 aromatic heterocycles. The van der Waals surface area contributed by atoms with Gasteiger partial charge in [0.1, 0.15) is 0 Å². The van der Waals surface area contributed by atoms with Gasteiger partial charge in [-0.05, 0) is 24.7 Å². The Bertz CT molecular complexity index is 247. The van der Waals surface area contributed by atoms with Crippen LogP contribution >= 0.6 is 0 Å². The van der Waals surface area contributed by atoms with E-state index in [1.165, 1.54) is 12.8 Å². The lowest BCUT2D eigenvalue weighted by Gasteiger charge is -2.38. The van der Waals surface area contributed by atoms with Crippen LogP contribution in [0.1, 0.15) is 26.7 Å². The van der Waals surface area contributed by atoms with Crippen molar-refractivity contribution in [3.63, 3.8) is 0 Å². The molecule has 13 heavy (non-hydrogen) atoms. The highest BCUT2D eigenvalue weighted by Crippen LogP contribution is 2.35. The van der Waals surface area contributed by atoms with Crippen LogP contribution in [-0.4, -0.2) is 16.2 Å². The summed E-state index contributed by atoms with van der Waals surface area (Å²) in [6, 6.07) is 0.671. The molecular weight excluding hydrogens is 162 g/mol. The first-order chi connectivity index (χ1) is 6.25. The van der Waals surface area contributed by atoms with Crippen LogP contribution in [0.15, 0.2) is 12.4 Å². The van der Waals surface area contributed by atoms with Crippen LogP contribution in [0, 0.1) is 11.8 Å². The molecule has 1 heterocycles. The van der Waals surface area contributed by atoms with Crippen molar-refractivity contribution in [2.24, 2.45) is 11.8 Å². The number of nitrogens with zero attached hydrogens (tertiary/aromatic N) is 1. The first-order valence-electron chi connectivity index (χ1n) is 5.01. The van der Waals surface area contributed by atoms with Crippen molar-refractivity contribution >= 4 is 5.69 Å². The number of hydrogen-bond donors (Lipinski definition) is 2. The van der Waals surface area contributed by atoms with Gasteiger partial charge >= 0.3 is 0 Å². The molecule has 2 N–H and O–H groups in total. The summed E-state index contributed by atoms with van der Waals surface area (Å²) in [5.41, 5.74) is 1.12. The van der Waals surface area contributed by atoms with Gasteiger partial charge in [0.15, 0.2) is 0 Å². The predicted octanol–water partition coefficient (Wildman–Crippen LogP) is 2.26. The molecule has 1 aliphatic rings. The van der Waals surface area contributed by atoms with E-state index in [-0.39, 0.29) is 0 Å². The van der Waals surface area contributed by atoms with E-state index in [0.717, 1.165) is 17.5 Å². The van der Waals surface area contributed by atoms with Gasteiger partial charge in [-0.1, -0.05) is 13.8 Å². The molecular formula is C10H17N3. The van der Waals surface area contributed by atoms with Crippen molar-refractivity contribution in [2.45, 2.75) is 32.7 Å². The molecule has 0 atom stereocenters. The van der Waals surface area contributed by atoms with Crippen LogP contribution in [0.5, 0.6) is 0 Å². The summed E-state index contributed by atoms with van der Waals surface area (Å²) in [6.07, 6.45) is 6.36. The number of H-pyrrole nitrogens is 1. The third kappa shape index (κ3) is 1.85. The Morgan fingerprint density at radius 1 is 1.54 bits per heavy atom. The maximum absolute atomic E-state index is 3.90. The largest absolute Gasteiger partial charge is 0.380 e. The molecule has 1 fully saturated rings. The van der Waals surface area contributed by atoms with Gasteiger partial charge in [-0.3, -0.25) is 5.10 Å². The van der Waals surface area contributed by atoms with Gasteiger partial charge < -0.3 is 5.32 Å². The molecule has 0 aliphatic heterocycles. The molecule has 0 spiro atoms. The number of rotatable bonds is 3. The topological polar surface area (TPSA) is 40.7 Å². The summed E-state index contributed by atoms with van der Waals surface area (Å²) in [4.78, 5) is 0. The van der Waals surface area contributed by atoms with E-state index in [9.17, 15) is 0 Å². The fraction of sp³-hybridized carbons (Fsp3) is 0.700. The van der Waals surface area contributed by atoms with Gasteiger partial charge in [0, 0.05) is 12.2 Å². The number of aromatic nitrogens is 2. The summed E-state index contributed by atoms with van der Waals surface area (Å²) in [6.45, 7) is 4.61. The maximum Gasteiger partial charge on any atom is 0.0725 e. The van der Waals surface area contributed by atoms with Gasteiger partial charge in [0.05, 0.1) is 11.9 Å². The molecule has 72 valence electrons. The summed E-state index contributed by atoms with van der Waals surface area (Å²) >= 11 is 0. The predicted molar refractivity (Wildman–Crippen MR) is 53.6 cm³/mol. The Kier molecular flexibility index (Phi) is 2.25. The van der Waals surface area contributed by atoms with Gasteiger partial charge in [-0.2, -0.15) is 5.10 Å². The van der Waals surface area contributed by atoms with Crippen molar-refractivity contribution in [1.82, 2.24) is 10.2 Å². The number of aromatic amines is 1. The summed E-state index contributed by atoms with van der Waals surface area (Å²) < 4.78 is 0. The first-order valence-corrected chi connectivity index (χ1v) is 5.01. The third-order valence-corrected chi connectivity index (χ3v) is 2.99. The minimum atomic E-state index is 0.671. The standard InChI is InChI=1S/C10H17N3/c1-7(2)8-3-9(4-8)13-10-5-11-12-6-10/h5-9,13H,3-4H2,1-2H3,(H,11,12). The second kappa shape index (κ2) is 3.40. The van der Waals surface area contributed by atoms with Crippen LogP contribution in [0.3, 0.4) is 0 Å². The first kappa shape index (κ1) is 8.60. The number of hydrogen-bond acceptors (Lipinski definition) is 2. The van der Waals surface area contributed by atoms with E-state index in [4.69, 9.17) is 0 Å². The Morgan fingerprint density at radius 2 is 2.31 bits per heavy atom. The lowest BCUT2D eigenvalue weighted by molar-refractivity contribution is 0.212. The fourth-order valence-corrected chi connectivity index (χ4v) is 1.89. The molecule has 1 aromatic rings. The molecule has 0 unspecified atom stereocenters. The van der Waals surface area contributed by atoms with Crippen molar-refractivity contribution in [3.8, 4) is 0 Å².